The average Bonchev–Trinajstić information content (AvgIpc) is 2.94. The first-order chi connectivity index (χ1) is 12.8. The molecule has 4 nitrogen and oxygen atoms in total. The fourth-order valence-corrected chi connectivity index (χ4v) is 3.62. The molecular formula is C19H17BrCl2N4S. The van der Waals surface area contributed by atoms with Gasteiger partial charge in [0.1, 0.15) is 0 Å². The van der Waals surface area contributed by atoms with E-state index in [0.29, 0.717) is 27.5 Å². The highest BCUT2D eigenvalue weighted by atomic mass is 79.9. The Labute approximate surface area is 182 Å². The van der Waals surface area contributed by atoms with E-state index >= 15 is 0 Å². The van der Waals surface area contributed by atoms with E-state index in [4.69, 9.17) is 35.4 Å². The van der Waals surface area contributed by atoms with Crippen molar-refractivity contribution >= 4 is 68.0 Å². The van der Waals surface area contributed by atoms with Crippen molar-refractivity contribution in [1.29, 1.82) is 0 Å². The van der Waals surface area contributed by atoms with Crippen molar-refractivity contribution in [2.45, 2.75) is 20.4 Å². The third-order valence-electron chi connectivity index (χ3n) is 4.15. The molecular weight excluding hydrogens is 467 g/mol. The van der Waals surface area contributed by atoms with Gasteiger partial charge in [-0.2, -0.15) is 5.10 Å². The molecule has 2 N–H and O–H groups in total. The minimum atomic E-state index is 0.471. The molecule has 0 aliphatic heterocycles. The van der Waals surface area contributed by atoms with Crippen LogP contribution >= 0.6 is 51.3 Å². The summed E-state index contributed by atoms with van der Waals surface area (Å²) in [6.07, 6.45) is 1.87. The molecule has 0 amide bonds. The Bertz CT molecular complexity index is 1000. The molecule has 0 unspecified atom stereocenters. The number of aryl methyl sites for hydroxylation is 1. The number of benzene rings is 2. The van der Waals surface area contributed by atoms with Gasteiger partial charge in [0.15, 0.2) is 10.9 Å². The standard InChI is InChI=1S/C19H17BrCl2N4S/c1-11-4-3-5-17(12(11)2)23-19(27)24-18-15(20)10-26(25-18)9-13-6-7-14(21)8-16(13)22/h3-8,10H,9H2,1-2H3,(H2,23,24,25,27). The molecule has 27 heavy (non-hydrogen) atoms. The summed E-state index contributed by atoms with van der Waals surface area (Å²) in [4.78, 5) is 0. The molecule has 0 aliphatic rings. The summed E-state index contributed by atoms with van der Waals surface area (Å²) >= 11 is 21.1. The summed E-state index contributed by atoms with van der Waals surface area (Å²) in [6.45, 7) is 4.64. The molecule has 1 aromatic heterocycles. The Morgan fingerprint density at radius 3 is 2.70 bits per heavy atom. The first-order valence-corrected chi connectivity index (χ1v) is 10.1. The minimum absolute atomic E-state index is 0.471. The Morgan fingerprint density at radius 2 is 1.96 bits per heavy atom. The van der Waals surface area contributed by atoms with Crippen LogP contribution in [-0.4, -0.2) is 14.9 Å². The van der Waals surface area contributed by atoms with Crippen LogP contribution in [-0.2, 0) is 6.54 Å². The maximum absolute atomic E-state index is 6.24. The zero-order chi connectivity index (χ0) is 19.6. The third-order valence-corrected chi connectivity index (χ3v) is 5.52. The summed E-state index contributed by atoms with van der Waals surface area (Å²) in [5.74, 6) is 0.628. The summed E-state index contributed by atoms with van der Waals surface area (Å²) in [7, 11) is 0. The number of aromatic nitrogens is 2. The molecule has 0 saturated carbocycles. The van der Waals surface area contributed by atoms with Crippen LogP contribution in [0.2, 0.25) is 10.0 Å². The zero-order valence-corrected chi connectivity index (χ0v) is 18.6. The molecule has 0 spiro atoms. The van der Waals surface area contributed by atoms with Crippen LogP contribution in [0.4, 0.5) is 11.5 Å². The quantitative estimate of drug-likeness (QED) is 0.419. The van der Waals surface area contributed by atoms with Crippen LogP contribution in [0, 0.1) is 13.8 Å². The Balaban J connectivity index is 1.71. The van der Waals surface area contributed by atoms with Gasteiger partial charge in [-0.05, 0) is 76.9 Å². The molecule has 8 heteroatoms. The van der Waals surface area contributed by atoms with Gasteiger partial charge in [0.2, 0.25) is 0 Å². The van der Waals surface area contributed by atoms with Crippen molar-refractivity contribution in [3.8, 4) is 0 Å². The highest BCUT2D eigenvalue weighted by molar-refractivity contribution is 9.10. The fourth-order valence-electron chi connectivity index (χ4n) is 2.53. The average molecular weight is 484 g/mol. The van der Waals surface area contributed by atoms with Crippen LogP contribution in [0.5, 0.6) is 0 Å². The lowest BCUT2D eigenvalue weighted by atomic mass is 10.1. The number of hydrogen-bond acceptors (Lipinski definition) is 2. The molecule has 0 atom stereocenters. The second kappa shape index (κ2) is 8.61. The van der Waals surface area contributed by atoms with Gasteiger partial charge in [-0.3, -0.25) is 4.68 Å². The summed E-state index contributed by atoms with van der Waals surface area (Å²) in [5.41, 5.74) is 4.26. The van der Waals surface area contributed by atoms with Crippen LogP contribution in [0.1, 0.15) is 16.7 Å². The molecule has 1 heterocycles. The molecule has 0 saturated heterocycles. The van der Waals surface area contributed by atoms with E-state index in [1.165, 1.54) is 5.56 Å². The third kappa shape index (κ3) is 5.02. The predicted octanol–water partition coefficient (Wildman–Crippen LogP) is 6.43. The number of nitrogens with zero attached hydrogens (tertiary/aromatic N) is 2. The van der Waals surface area contributed by atoms with Gasteiger partial charge in [-0.25, -0.2) is 0 Å². The number of anilines is 2. The second-order valence-electron chi connectivity index (χ2n) is 6.09. The highest BCUT2D eigenvalue weighted by Crippen LogP contribution is 2.25. The van der Waals surface area contributed by atoms with Gasteiger partial charge in [-0.15, -0.1) is 0 Å². The van der Waals surface area contributed by atoms with Crippen molar-refractivity contribution in [3.63, 3.8) is 0 Å². The zero-order valence-electron chi connectivity index (χ0n) is 14.7. The van der Waals surface area contributed by atoms with E-state index in [-0.39, 0.29) is 0 Å². The van der Waals surface area contributed by atoms with Gasteiger partial charge in [-0.1, -0.05) is 41.4 Å². The van der Waals surface area contributed by atoms with Crippen molar-refractivity contribution < 1.29 is 0 Å². The topological polar surface area (TPSA) is 41.9 Å². The van der Waals surface area contributed by atoms with Gasteiger partial charge >= 0.3 is 0 Å². The van der Waals surface area contributed by atoms with E-state index in [1.807, 2.05) is 30.5 Å². The lowest BCUT2D eigenvalue weighted by Gasteiger charge is -2.12. The van der Waals surface area contributed by atoms with Crippen LogP contribution < -0.4 is 10.6 Å². The lowest BCUT2D eigenvalue weighted by molar-refractivity contribution is 0.690. The normalized spacial score (nSPS) is 10.7. The maximum atomic E-state index is 6.24. The summed E-state index contributed by atoms with van der Waals surface area (Å²) < 4.78 is 2.58. The molecule has 0 fully saturated rings. The predicted molar refractivity (Wildman–Crippen MR) is 121 cm³/mol. The number of thiocarbonyl (C=S) groups is 1. The molecule has 3 aromatic rings. The Morgan fingerprint density at radius 1 is 1.19 bits per heavy atom. The van der Waals surface area contributed by atoms with Crippen molar-refractivity contribution in [2.75, 3.05) is 10.6 Å². The van der Waals surface area contributed by atoms with Crippen molar-refractivity contribution in [3.05, 3.63) is 73.8 Å². The van der Waals surface area contributed by atoms with Crippen LogP contribution in [0.25, 0.3) is 0 Å². The van der Waals surface area contributed by atoms with Gasteiger partial charge < -0.3 is 10.6 Å². The molecule has 3 rings (SSSR count). The van der Waals surface area contributed by atoms with Gasteiger partial charge in [0.25, 0.3) is 0 Å². The summed E-state index contributed by atoms with van der Waals surface area (Å²) in [6, 6.07) is 11.5. The number of hydrogen-bond donors (Lipinski definition) is 2. The van der Waals surface area contributed by atoms with E-state index in [2.05, 4.69) is 51.6 Å². The molecule has 0 aliphatic carbocycles. The molecule has 140 valence electrons. The Kier molecular flexibility index (Phi) is 6.42. The summed E-state index contributed by atoms with van der Waals surface area (Å²) in [5, 5.41) is 12.6. The first-order valence-electron chi connectivity index (χ1n) is 8.14. The first kappa shape index (κ1) is 20.1. The van der Waals surface area contributed by atoms with Crippen molar-refractivity contribution in [1.82, 2.24) is 9.78 Å². The SMILES string of the molecule is Cc1cccc(NC(=S)Nc2nn(Cc3ccc(Cl)cc3Cl)cc2Br)c1C. The molecule has 0 bridgehead atoms. The largest absolute Gasteiger partial charge is 0.332 e. The molecule has 0 radical (unpaired) electrons. The molecule has 2 aromatic carbocycles. The van der Waals surface area contributed by atoms with Crippen LogP contribution in [0.3, 0.4) is 0 Å². The monoisotopic (exact) mass is 482 g/mol. The highest BCUT2D eigenvalue weighted by Gasteiger charge is 2.11. The number of rotatable bonds is 4. The number of nitrogens with one attached hydrogen (secondary N) is 2. The van der Waals surface area contributed by atoms with E-state index in [0.717, 1.165) is 21.3 Å². The maximum Gasteiger partial charge on any atom is 0.176 e. The minimum Gasteiger partial charge on any atom is -0.332 e. The van der Waals surface area contributed by atoms with E-state index in [1.54, 1.807) is 10.7 Å². The lowest BCUT2D eigenvalue weighted by Crippen LogP contribution is -2.20. The van der Waals surface area contributed by atoms with E-state index in [9.17, 15) is 0 Å². The second-order valence-corrected chi connectivity index (χ2v) is 8.19. The number of halogens is 3. The van der Waals surface area contributed by atoms with Crippen molar-refractivity contribution in [2.24, 2.45) is 0 Å². The Hall–Kier alpha value is -1.60. The van der Waals surface area contributed by atoms with Gasteiger partial charge in [0, 0.05) is 21.9 Å². The van der Waals surface area contributed by atoms with Crippen LogP contribution in [0.15, 0.2) is 47.1 Å². The van der Waals surface area contributed by atoms with Gasteiger partial charge in [0.05, 0.1) is 11.0 Å². The fraction of sp³-hybridized carbons (Fsp3) is 0.158. The smallest absolute Gasteiger partial charge is 0.176 e. The van der Waals surface area contributed by atoms with E-state index < -0.39 is 0 Å².